The van der Waals surface area contributed by atoms with Crippen LogP contribution in [-0.2, 0) is 33.3 Å². The first-order valence-electron chi connectivity index (χ1n) is 10.6. The van der Waals surface area contributed by atoms with Crippen LogP contribution in [-0.4, -0.2) is 56.5 Å². The van der Waals surface area contributed by atoms with Crippen LogP contribution in [0.5, 0.6) is 0 Å². The number of esters is 3. The van der Waals surface area contributed by atoms with Gasteiger partial charge in [0.25, 0.3) is 0 Å². The molecule has 1 rings (SSSR count). The van der Waals surface area contributed by atoms with Gasteiger partial charge in [0.15, 0.2) is 0 Å². The molecule has 0 radical (unpaired) electrons. The minimum absolute atomic E-state index is 0.00739. The molecule has 32 heavy (non-hydrogen) atoms. The van der Waals surface area contributed by atoms with E-state index in [0.29, 0.717) is 0 Å². The van der Waals surface area contributed by atoms with Crippen molar-refractivity contribution in [2.75, 3.05) is 26.4 Å². The van der Waals surface area contributed by atoms with Gasteiger partial charge >= 0.3 is 24.0 Å². The summed E-state index contributed by atoms with van der Waals surface area (Å²) in [5, 5.41) is 2.85. The second kappa shape index (κ2) is 14.8. The molecule has 1 N–H and O–H groups in total. The third kappa shape index (κ3) is 10.8. The average Bonchev–Trinajstić information content (AvgIpc) is 2.78. The lowest BCUT2D eigenvalue weighted by molar-refractivity contribution is -0.159. The van der Waals surface area contributed by atoms with Gasteiger partial charge in [-0.1, -0.05) is 51.8 Å². The Morgan fingerprint density at radius 2 is 1.06 bits per heavy atom. The summed E-state index contributed by atoms with van der Waals surface area (Å²) in [6, 6.07) is 0.00739. The number of carbonyl (C=O) groups is 4. The van der Waals surface area contributed by atoms with E-state index in [1.54, 1.807) is 0 Å². The predicted octanol–water partition coefficient (Wildman–Crippen LogP) is 3.00. The molecule has 1 fully saturated rings. The molecule has 0 aliphatic heterocycles. The van der Waals surface area contributed by atoms with Crippen molar-refractivity contribution in [3.05, 3.63) is 38.0 Å². The van der Waals surface area contributed by atoms with Crippen molar-refractivity contribution in [1.29, 1.82) is 0 Å². The number of carbonyl (C=O) groups excluding carboxylic acids is 4. The second-order valence-electron chi connectivity index (χ2n) is 7.70. The van der Waals surface area contributed by atoms with Gasteiger partial charge < -0.3 is 24.3 Å². The normalized spacial score (nSPS) is 14.6. The van der Waals surface area contributed by atoms with Crippen molar-refractivity contribution in [2.45, 2.75) is 51.0 Å². The van der Waals surface area contributed by atoms with Gasteiger partial charge in [-0.05, 0) is 12.8 Å². The Balaban J connectivity index is 2.87. The van der Waals surface area contributed by atoms with E-state index in [9.17, 15) is 19.2 Å². The zero-order valence-corrected chi connectivity index (χ0v) is 18.5. The summed E-state index contributed by atoms with van der Waals surface area (Å²) in [6.45, 7) is 8.55. The summed E-state index contributed by atoms with van der Waals surface area (Å²) in [7, 11) is 0. The van der Waals surface area contributed by atoms with Gasteiger partial charge in [-0.15, -0.1) is 0 Å². The highest BCUT2D eigenvalue weighted by Gasteiger charge is 2.37. The van der Waals surface area contributed by atoms with Gasteiger partial charge in [0, 0.05) is 24.3 Å². The Labute approximate surface area is 188 Å². The van der Waals surface area contributed by atoms with Crippen LogP contribution in [0.4, 0.5) is 4.79 Å². The first-order chi connectivity index (χ1) is 15.3. The summed E-state index contributed by atoms with van der Waals surface area (Å²) in [4.78, 5) is 47.2. The molecule has 1 amide bonds. The maximum Gasteiger partial charge on any atom is 0.407 e. The lowest BCUT2D eigenvalue weighted by Crippen LogP contribution is -2.45. The number of amides is 1. The lowest BCUT2D eigenvalue weighted by Gasteiger charge is -2.31. The number of hydrogen-bond acceptors (Lipinski definition) is 8. The zero-order valence-electron chi connectivity index (χ0n) is 18.5. The van der Waals surface area contributed by atoms with Crippen LogP contribution in [0.25, 0.3) is 0 Å². The minimum atomic E-state index is -1.34. The molecule has 9 nitrogen and oxygen atoms in total. The van der Waals surface area contributed by atoms with Crippen LogP contribution in [0, 0.1) is 5.41 Å². The first kappa shape index (κ1) is 26.9. The number of ether oxygens (including phenoxy) is 4. The molecule has 0 aromatic rings. The second-order valence-corrected chi connectivity index (χ2v) is 7.70. The van der Waals surface area contributed by atoms with Crippen LogP contribution < -0.4 is 5.32 Å². The summed E-state index contributed by atoms with van der Waals surface area (Å²) >= 11 is 0. The Morgan fingerprint density at radius 3 is 1.47 bits per heavy atom. The van der Waals surface area contributed by atoms with Gasteiger partial charge in [-0.25, -0.2) is 19.2 Å². The van der Waals surface area contributed by atoms with Crippen molar-refractivity contribution in [3.8, 4) is 0 Å². The highest BCUT2D eigenvalue weighted by atomic mass is 16.6. The molecule has 9 heteroatoms. The van der Waals surface area contributed by atoms with Crippen LogP contribution >= 0.6 is 0 Å². The molecule has 0 aromatic heterocycles. The zero-order chi connectivity index (χ0) is 23.8. The van der Waals surface area contributed by atoms with E-state index in [4.69, 9.17) is 18.9 Å². The topological polar surface area (TPSA) is 117 Å². The molecule has 0 bridgehead atoms. The Morgan fingerprint density at radius 1 is 0.688 bits per heavy atom. The molecule has 178 valence electrons. The molecular weight excluding hydrogens is 418 g/mol. The fourth-order valence-electron chi connectivity index (χ4n) is 3.13. The van der Waals surface area contributed by atoms with Gasteiger partial charge in [0.2, 0.25) is 0 Å². The standard InChI is InChI=1S/C23H33NO8/c1-4-19(25)29-14-23(15-30-20(26)5-2,16-31-21(27)6-3)17-32-22(28)24-18-12-10-8-7-9-11-13-18/h4-6,18H,1-3,7-17H2,(H,24,28). The molecule has 1 aliphatic rings. The molecule has 0 aromatic carbocycles. The Bertz CT molecular complexity index is 620. The van der Waals surface area contributed by atoms with Gasteiger partial charge in [-0.3, -0.25) is 0 Å². The number of alkyl carbamates (subject to hydrolysis) is 1. The van der Waals surface area contributed by atoms with Gasteiger partial charge in [-0.2, -0.15) is 0 Å². The molecule has 0 unspecified atom stereocenters. The van der Waals surface area contributed by atoms with E-state index in [1.807, 2.05) is 0 Å². The van der Waals surface area contributed by atoms with Crippen LogP contribution in [0.3, 0.4) is 0 Å². The van der Waals surface area contributed by atoms with Crippen LogP contribution in [0.15, 0.2) is 38.0 Å². The molecule has 0 spiro atoms. The monoisotopic (exact) mass is 451 g/mol. The predicted molar refractivity (Wildman–Crippen MR) is 116 cm³/mol. The van der Waals surface area contributed by atoms with Crippen molar-refractivity contribution in [3.63, 3.8) is 0 Å². The third-order valence-corrected chi connectivity index (χ3v) is 5.00. The highest BCUT2D eigenvalue weighted by molar-refractivity contribution is 5.82. The van der Waals surface area contributed by atoms with Crippen molar-refractivity contribution >= 4 is 24.0 Å². The minimum Gasteiger partial charge on any atom is -0.462 e. The number of rotatable bonds is 12. The SMILES string of the molecule is C=CC(=O)OCC(COC(=O)C=C)(COC(=O)C=C)COC(=O)NC1CCCCCCC1. The summed E-state index contributed by atoms with van der Waals surface area (Å²) in [5.74, 6) is -2.21. The summed E-state index contributed by atoms with van der Waals surface area (Å²) in [6.07, 6.45) is 9.48. The summed E-state index contributed by atoms with van der Waals surface area (Å²) < 4.78 is 20.7. The quantitative estimate of drug-likeness (QED) is 0.273. The Hall–Kier alpha value is -3.10. The van der Waals surface area contributed by atoms with E-state index >= 15 is 0 Å². The van der Waals surface area contributed by atoms with E-state index in [1.165, 1.54) is 6.42 Å². The number of nitrogens with one attached hydrogen (secondary N) is 1. The fourth-order valence-corrected chi connectivity index (χ4v) is 3.13. The molecular formula is C23H33NO8. The third-order valence-electron chi connectivity index (χ3n) is 5.00. The average molecular weight is 452 g/mol. The van der Waals surface area contributed by atoms with Crippen molar-refractivity contribution in [1.82, 2.24) is 5.32 Å². The first-order valence-corrected chi connectivity index (χ1v) is 10.6. The fraction of sp³-hybridized carbons (Fsp3) is 0.565. The van der Waals surface area contributed by atoms with E-state index in [-0.39, 0.29) is 32.5 Å². The Kier molecular flexibility index (Phi) is 12.5. The van der Waals surface area contributed by atoms with E-state index in [0.717, 1.165) is 56.8 Å². The van der Waals surface area contributed by atoms with Crippen molar-refractivity contribution < 1.29 is 38.1 Å². The maximum atomic E-state index is 12.4. The molecule has 0 heterocycles. The van der Waals surface area contributed by atoms with Gasteiger partial charge in [0.1, 0.15) is 31.8 Å². The smallest absolute Gasteiger partial charge is 0.407 e. The summed E-state index contributed by atoms with van der Waals surface area (Å²) in [5.41, 5.74) is -1.34. The van der Waals surface area contributed by atoms with Crippen molar-refractivity contribution in [2.24, 2.45) is 5.41 Å². The maximum absolute atomic E-state index is 12.4. The largest absolute Gasteiger partial charge is 0.462 e. The number of hydrogen-bond donors (Lipinski definition) is 1. The van der Waals surface area contributed by atoms with Crippen LogP contribution in [0.1, 0.15) is 44.9 Å². The molecule has 0 atom stereocenters. The highest BCUT2D eigenvalue weighted by Crippen LogP contribution is 2.22. The van der Waals surface area contributed by atoms with Crippen LogP contribution in [0.2, 0.25) is 0 Å². The van der Waals surface area contributed by atoms with E-state index < -0.39 is 29.4 Å². The van der Waals surface area contributed by atoms with Gasteiger partial charge in [0.05, 0.1) is 0 Å². The van der Waals surface area contributed by atoms with E-state index in [2.05, 4.69) is 25.1 Å². The lowest BCUT2D eigenvalue weighted by atomic mass is 9.92. The molecule has 1 aliphatic carbocycles. The molecule has 1 saturated carbocycles. The molecule has 0 saturated heterocycles.